The van der Waals surface area contributed by atoms with E-state index in [1.807, 2.05) is 37.1 Å². The minimum absolute atomic E-state index is 0.0433. The lowest BCUT2D eigenvalue weighted by molar-refractivity contribution is -0.119. The number of rotatable bonds is 9. The molecule has 0 heterocycles. The monoisotopic (exact) mass is 311 g/mol. The van der Waals surface area contributed by atoms with Crippen molar-refractivity contribution in [3.63, 3.8) is 0 Å². The fourth-order valence-electron chi connectivity index (χ4n) is 2.09. The highest BCUT2D eigenvalue weighted by Crippen LogP contribution is 2.23. The SMILES string of the molecule is CCCNCc1cc(Cl)ccc1N(C)CC(=O)NCCC. The molecule has 0 atom stereocenters. The van der Waals surface area contributed by atoms with Crippen LogP contribution in [0, 0.1) is 0 Å². The fraction of sp³-hybridized carbons (Fsp3) is 0.562. The molecule has 0 aliphatic rings. The third kappa shape index (κ3) is 6.36. The Morgan fingerprint density at radius 2 is 1.95 bits per heavy atom. The van der Waals surface area contributed by atoms with Crippen LogP contribution >= 0.6 is 11.6 Å². The van der Waals surface area contributed by atoms with E-state index in [9.17, 15) is 4.79 Å². The molecule has 0 aromatic heterocycles. The van der Waals surface area contributed by atoms with Gasteiger partial charge >= 0.3 is 0 Å². The second-order valence-corrected chi connectivity index (χ2v) is 5.59. The van der Waals surface area contributed by atoms with Crippen molar-refractivity contribution in [1.82, 2.24) is 10.6 Å². The smallest absolute Gasteiger partial charge is 0.239 e. The summed E-state index contributed by atoms with van der Waals surface area (Å²) in [5.41, 5.74) is 2.15. The second kappa shape index (κ2) is 9.64. The van der Waals surface area contributed by atoms with Crippen LogP contribution in [0.1, 0.15) is 32.3 Å². The molecule has 0 aliphatic carbocycles. The minimum Gasteiger partial charge on any atom is -0.365 e. The number of amides is 1. The minimum atomic E-state index is 0.0433. The summed E-state index contributed by atoms with van der Waals surface area (Å²) in [6, 6.07) is 5.79. The molecular weight excluding hydrogens is 286 g/mol. The fourth-order valence-corrected chi connectivity index (χ4v) is 2.28. The van der Waals surface area contributed by atoms with Gasteiger partial charge in [-0.15, -0.1) is 0 Å². The van der Waals surface area contributed by atoms with E-state index in [2.05, 4.69) is 17.6 Å². The first-order valence-electron chi connectivity index (χ1n) is 7.55. The Bertz CT molecular complexity index is 451. The van der Waals surface area contributed by atoms with E-state index in [1.165, 1.54) is 0 Å². The molecule has 1 rings (SSSR count). The Balaban J connectivity index is 2.72. The Morgan fingerprint density at radius 1 is 1.24 bits per heavy atom. The van der Waals surface area contributed by atoms with Crippen molar-refractivity contribution < 1.29 is 4.79 Å². The van der Waals surface area contributed by atoms with Gasteiger partial charge in [0.25, 0.3) is 0 Å². The topological polar surface area (TPSA) is 44.4 Å². The summed E-state index contributed by atoms with van der Waals surface area (Å²) in [5, 5.41) is 6.99. The average molecular weight is 312 g/mol. The van der Waals surface area contributed by atoms with Gasteiger partial charge in [0.1, 0.15) is 0 Å². The largest absolute Gasteiger partial charge is 0.365 e. The van der Waals surface area contributed by atoms with Crippen LogP contribution in [0.15, 0.2) is 18.2 Å². The van der Waals surface area contributed by atoms with Crippen LogP contribution < -0.4 is 15.5 Å². The molecule has 0 fully saturated rings. The second-order valence-electron chi connectivity index (χ2n) is 5.16. The zero-order valence-electron chi connectivity index (χ0n) is 13.2. The van der Waals surface area contributed by atoms with E-state index in [0.29, 0.717) is 6.54 Å². The van der Waals surface area contributed by atoms with E-state index < -0.39 is 0 Å². The Hall–Kier alpha value is -1.26. The third-order valence-corrected chi connectivity index (χ3v) is 3.38. The highest BCUT2D eigenvalue weighted by molar-refractivity contribution is 6.30. The van der Waals surface area contributed by atoms with Gasteiger partial charge in [-0.25, -0.2) is 0 Å². The number of nitrogens with one attached hydrogen (secondary N) is 2. The van der Waals surface area contributed by atoms with E-state index in [0.717, 1.165) is 48.7 Å². The van der Waals surface area contributed by atoms with Crippen molar-refractivity contribution in [1.29, 1.82) is 0 Å². The molecule has 0 saturated heterocycles. The number of nitrogens with zero attached hydrogens (tertiary/aromatic N) is 1. The van der Waals surface area contributed by atoms with Crippen LogP contribution in [0.2, 0.25) is 5.02 Å². The van der Waals surface area contributed by atoms with Crippen molar-refractivity contribution >= 4 is 23.2 Å². The molecule has 118 valence electrons. The van der Waals surface area contributed by atoms with Crippen LogP contribution in [0.3, 0.4) is 0 Å². The maximum Gasteiger partial charge on any atom is 0.239 e. The summed E-state index contributed by atoms with van der Waals surface area (Å²) in [6.07, 6.45) is 2.04. The highest BCUT2D eigenvalue weighted by Gasteiger charge is 2.11. The number of carbonyl (C=O) groups excluding carboxylic acids is 1. The predicted molar refractivity (Wildman–Crippen MR) is 90.0 cm³/mol. The molecule has 0 spiro atoms. The summed E-state index contributed by atoms with van der Waals surface area (Å²) >= 11 is 6.08. The zero-order chi connectivity index (χ0) is 15.7. The molecule has 4 nitrogen and oxygen atoms in total. The van der Waals surface area contributed by atoms with Gasteiger partial charge in [0.2, 0.25) is 5.91 Å². The van der Waals surface area contributed by atoms with E-state index in [-0.39, 0.29) is 5.91 Å². The summed E-state index contributed by atoms with van der Waals surface area (Å²) in [5.74, 6) is 0.0433. The number of likely N-dealkylation sites (N-methyl/N-ethyl adjacent to an activating group) is 1. The van der Waals surface area contributed by atoms with Gasteiger partial charge in [-0.1, -0.05) is 25.4 Å². The molecule has 1 aromatic carbocycles. The quantitative estimate of drug-likeness (QED) is 0.689. The van der Waals surface area contributed by atoms with E-state index >= 15 is 0 Å². The third-order valence-electron chi connectivity index (χ3n) is 3.15. The van der Waals surface area contributed by atoms with Crippen LogP contribution in [0.4, 0.5) is 5.69 Å². The number of benzene rings is 1. The van der Waals surface area contributed by atoms with Gasteiger partial charge in [0.15, 0.2) is 0 Å². The molecular formula is C16H26ClN3O. The number of halogens is 1. The van der Waals surface area contributed by atoms with Crippen molar-refractivity contribution in [3.05, 3.63) is 28.8 Å². The maximum atomic E-state index is 11.8. The first-order valence-corrected chi connectivity index (χ1v) is 7.93. The molecule has 0 radical (unpaired) electrons. The Labute approximate surface area is 132 Å². The van der Waals surface area contributed by atoms with Crippen LogP contribution in [0.5, 0.6) is 0 Å². The lowest BCUT2D eigenvalue weighted by atomic mass is 10.1. The van der Waals surface area contributed by atoms with Gasteiger partial charge in [-0.05, 0) is 43.1 Å². The summed E-state index contributed by atoms with van der Waals surface area (Å²) in [6.45, 7) is 6.97. The predicted octanol–water partition coefficient (Wildman–Crippen LogP) is 2.80. The summed E-state index contributed by atoms with van der Waals surface area (Å²) in [7, 11) is 1.93. The van der Waals surface area contributed by atoms with Crippen molar-refractivity contribution in [2.75, 3.05) is 31.6 Å². The normalized spacial score (nSPS) is 10.5. The molecule has 1 aromatic rings. The molecule has 0 unspecified atom stereocenters. The van der Waals surface area contributed by atoms with Gasteiger partial charge in [0.05, 0.1) is 6.54 Å². The highest BCUT2D eigenvalue weighted by atomic mass is 35.5. The molecule has 0 bridgehead atoms. The summed E-state index contributed by atoms with van der Waals surface area (Å²) < 4.78 is 0. The Morgan fingerprint density at radius 3 is 2.62 bits per heavy atom. The van der Waals surface area contributed by atoms with Crippen molar-refractivity contribution in [2.24, 2.45) is 0 Å². The number of hydrogen-bond acceptors (Lipinski definition) is 3. The lowest BCUT2D eigenvalue weighted by Gasteiger charge is -2.22. The number of carbonyl (C=O) groups is 1. The van der Waals surface area contributed by atoms with Gasteiger partial charge in [-0.3, -0.25) is 4.79 Å². The maximum absolute atomic E-state index is 11.8. The molecule has 21 heavy (non-hydrogen) atoms. The van der Waals surface area contributed by atoms with Crippen LogP contribution in [0.25, 0.3) is 0 Å². The van der Waals surface area contributed by atoms with Gasteiger partial charge in [0, 0.05) is 30.8 Å². The van der Waals surface area contributed by atoms with Crippen LogP contribution in [-0.2, 0) is 11.3 Å². The standard InChI is InChI=1S/C16H26ClN3O/c1-4-8-18-11-13-10-14(17)6-7-15(13)20(3)12-16(21)19-9-5-2/h6-7,10,18H,4-5,8-9,11-12H2,1-3H3,(H,19,21). The van der Waals surface area contributed by atoms with E-state index in [1.54, 1.807) is 0 Å². The number of hydrogen-bond donors (Lipinski definition) is 2. The molecule has 0 aliphatic heterocycles. The van der Waals surface area contributed by atoms with Gasteiger partial charge < -0.3 is 15.5 Å². The molecule has 1 amide bonds. The van der Waals surface area contributed by atoms with Crippen LogP contribution in [-0.4, -0.2) is 32.6 Å². The van der Waals surface area contributed by atoms with E-state index in [4.69, 9.17) is 11.6 Å². The van der Waals surface area contributed by atoms with Crippen molar-refractivity contribution in [3.8, 4) is 0 Å². The number of anilines is 1. The zero-order valence-corrected chi connectivity index (χ0v) is 14.0. The molecule has 5 heteroatoms. The summed E-state index contributed by atoms with van der Waals surface area (Å²) in [4.78, 5) is 13.8. The first kappa shape index (κ1) is 17.8. The molecule has 0 saturated carbocycles. The van der Waals surface area contributed by atoms with Crippen molar-refractivity contribution in [2.45, 2.75) is 33.2 Å². The molecule has 2 N–H and O–H groups in total. The Kier molecular flexibility index (Phi) is 8.16. The van der Waals surface area contributed by atoms with Gasteiger partial charge in [-0.2, -0.15) is 0 Å². The average Bonchev–Trinajstić information content (AvgIpc) is 2.45. The lowest BCUT2D eigenvalue weighted by Crippen LogP contribution is -2.36. The first-order chi connectivity index (χ1) is 10.1.